The molecule has 8 heteroatoms. The van der Waals surface area contributed by atoms with E-state index in [-0.39, 0.29) is 12.3 Å². The fourth-order valence-electron chi connectivity index (χ4n) is 1.73. The summed E-state index contributed by atoms with van der Waals surface area (Å²) in [6.45, 7) is 1.72. The van der Waals surface area contributed by atoms with E-state index >= 15 is 0 Å². The maximum Gasteiger partial charge on any atom is 0.277 e. The lowest BCUT2D eigenvalue weighted by atomic mass is 10.2. The topological polar surface area (TPSA) is 93.8 Å². The number of carbonyl (C=O) groups is 1. The zero-order chi connectivity index (χ0) is 17.5. The van der Waals surface area contributed by atoms with E-state index in [1.54, 1.807) is 0 Å². The molecule has 0 saturated heterocycles. The Morgan fingerprint density at radius 1 is 1.33 bits per heavy atom. The largest absolute Gasteiger partial charge is 0.483 e. The molecule has 1 amide bonds. The summed E-state index contributed by atoms with van der Waals surface area (Å²) < 4.78 is 5.69. The second kappa shape index (κ2) is 8.21. The van der Waals surface area contributed by atoms with Gasteiger partial charge in [-0.2, -0.15) is 5.10 Å². The van der Waals surface area contributed by atoms with Crippen molar-refractivity contribution in [2.45, 2.75) is 6.92 Å². The molecule has 2 aromatic rings. The van der Waals surface area contributed by atoms with Gasteiger partial charge in [0.25, 0.3) is 11.6 Å². The molecule has 2 aromatic carbocycles. The second-order valence-corrected chi connectivity index (χ2v) is 5.72. The molecular formula is C16H14BrN3O4. The average Bonchev–Trinajstić information content (AvgIpc) is 2.55. The molecule has 0 unspecified atom stereocenters. The third-order valence-electron chi connectivity index (χ3n) is 2.97. The van der Waals surface area contributed by atoms with Gasteiger partial charge >= 0.3 is 0 Å². The minimum atomic E-state index is -0.513. The lowest BCUT2D eigenvalue weighted by Gasteiger charge is -2.06. The van der Waals surface area contributed by atoms with Crippen LogP contribution in [0.5, 0.6) is 5.75 Å². The molecule has 0 atom stereocenters. The Bertz CT molecular complexity index is 775. The van der Waals surface area contributed by atoms with E-state index in [0.29, 0.717) is 10.2 Å². The summed E-state index contributed by atoms with van der Waals surface area (Å²) in [4.78, 5) is 21.8. The first-order valence-corrected chi connectivity index (χ1v) is 7.70. The van der Waals surface area contributed by atoms with Crippen molar-refractivity contribution in [3.05, 3.63) is 68.2 Å². The Hall–Kier alpha value is -2.74. The van der Waals surface area contributed by atoms with Gasteiger partial charge in [-0.05, 0) is 34.5 Å². The van der Waals surface area contributed by atoms with E-state index in [1.807, 2.05) is 31.2 Å². The number of rotatable bonds is 6. The summed E-state index contributed by atoms with van der Waals surface area (Å²) in [5.41, 5.74) is 4.28. The molecule has 0 bridgehead atoms. The molecule has 2 rings (SSSR count). The van der Waals surface area contributed by atoms with Gasteiger partial charge in [-0.1, -0.05) is 29.8 Å². The number of halogens is 1. The summed E-state index contributed by atoms with van der Waals surface area (Å²) >= 11 is 3.16. The van der Waals surface area contributed by atoms with Gasteiger partial charge in [-0.25, -0.2) is 5.43 Å². The van der Waals surface area contributed by atoms with Crippen LogP contribution in [0.15, 0.2) is 52.0 Å². The van der Waals surface area contributed by atoms with Crippen molar-refractivity contribution in [3.63, 3.8) is 0 Å². The number of carbonyl (C=O) groups excluding carboxylic acids is 1. The van der Waals surface area contributed by atoms with Crippen LogP contribution < -0.4 is 10.2 Å². The van der Waals surface area contributed by atoms with Crippen molar-refractivity contribution < 1.29 is 14.5 Å². The summed E-state index contributed by atoms with van der Waals surface area (Å²) in [6, 6.07) is 11.7. The number of aryl methyl sites for hydroxylation is 1. The first-order valence-electron chi connectivity index (χ1n) is 6.91. The molecule has 0 aliphatic carbocycles. The molecule has 0 heterocycles. The molecule has 24 heavy (non-hydrogen) atoms. The van der Waals surface area contributed by atoms with Gasteiger partial charge < -0.3 is 4.74 Å². The van der Waals surface area contributed by atoms with Crippen LogP contribution in [0.2, 0.25) is 0 Å². The van der Waals surface area contributed by atoms with E-state index in [4.69, 9.17) is 4.74 Å². The molecule has 0 radical (unpaired) electrons. The number of nitrogens with one attached hydrogen (secondary N) is 1. The van der Waals surface area contributed by atoms with Crippen molar-refractivity contribution in [1.29, 1.82) is 0 Å². The van der Waals surface area contributed by atoms with Gasteiger partial charge in [0.1, 0.15) is 5.75 Å². The summed E-state index contributed by atoms with van der Waals surface area (Å²) in [5.74, 6) is -0.109. The van der Waals surface area contributed by atoms with Crippen molar-refractivity contribution in [2.75, 3.05) is 6.61 Å². The Labute approximate surface area is 146 Å². The van der Waals surface area contributed by atoms with E-state index < -0.39 is 10.8 Å². The maximum atomic E-state index is 11.7. The predicted octanol–water partition coefficient (Wildman–Crippen LogP) is 3.19. The zero-order valence-corrected chi connectivity index (χ0v) is 14.3. The van der Waals surface area contributed by atoms with Crippen molar-refractivity contribution in [2.24, 2.45) is 5.10 Å². The van der Waals surface area contributed by atoms with E-state index in [0.717, 1.165) is 11.1 Å². The standard InChI is InChI=1S/C16H14BrN3O4/c1-11-2-4-12(5-3-11)9-18-19-16(21)10-24-15-7-6-13(20(22)23)8-14(15)17/h2-9H,10H2,1H3,(H,19,21)/b18-9-. The number of hydrogen-bond donors (Lipinski definition) is 1. The molecule has 0 spiro atoms. The predicted molar refractivity (Wildman–Crippen MR) is 93.2 cm³/mol. The molecule has 124 valence electrons. The van der Waals surface area contributed by atoms with Gasteiger partial charge in [0.05, 0.1) is 15.6 Å². The van der Waals surface area contributed by atoms with Crippen LogP contribution in [-0.2, 0) is 4.79 Å². The quantitative estimate of drug-likeness (QED) is 0.464. The molecule has 1 N–H and O–H groups in total. The highest BCUT2D eigenvalue weighted by Crippen LogP contribution is 2.28. The molecule has 7 nitrogen and oxygen atoms in total. The van der Waals surface area contributed by atoms with Crippen LogP contribution in [0.25, 0.3) is 0 Å². The number of nitro benzene ring substituents is 1. The maximum absolute atomic E-state index is 11.7. The second-order valence-electron chi connectivity index (χ2n) is 4.86. The Morgan fingerprint density at radius 3 is 2.67 bits per heavy atom. The Kier molecular flexibility index (Phi) is 6.02. The molecule has 0 aromatic heterocycles. The average molecular weight is 392 g/mol. The number of amides is 1. The monoisotopic (exact) mass is 391 g/mol. The highest BCUT2D eigenvalue weighted by Gasteiger charge is 2.11. The van der Waals surface area contributed by atoms with Gasteiger partial charge in [-0.15, -0.1) is 0 Å². The fourth-order valence-corrected chi connectivity index (χ4v) is 2.21. The van der Waals surface area contributed by atoms with Crippen molar-refractivity contribution in [1.82, 2.24) is 5.43 Å². The van der Waals surface area contributed by atoms with Crippen LogP contribution in [0.4, 0.5) is 5.69 Å². The van der Waals surface area contributed by atoms with Crippen LogP contribution in [0.3, 0.4) is 0 Å². The molecule has 0 saturated carbocycles. The number of hydrogen-bond acceptors (Lipinski definition) is 5. The first-order chi connectivity index (χ1) is 11.5. The van der Waals surface area contributed by atoms with Crippen LogP contribution >= 0.6 is 15.9 Å². The minimum Gasteiger partial charge on any atom is -0.483 e. The number of benzene rings is 2. The SMILES string of the molecule is Cc1ccc(/C=N\NC(=O)COc2ccc([N+](=O)[O-])cc2Br)cc1. The Morgan fingerprint density at radius 2 is 2.04 bits per heavy atom. The third-order valence-corrected chi connectivity index (χ3v) is 3.58. The minimum absolute atomic E-state index is 0.0682. The Balaban J connectivity index is 1.85. The smallest absolute Gasteiger partial charge is 0.277 e. The number of ether oxygens (including phenoxy) is 1. The number of hydrazone groups is 1. The molecule has 0 aliphatic rings. The number of nitro groups is 1. The summed E-state index contributed by atoms with van der Waals surface area (Å²) in [7, 11) is 0. The summed E-state index contributed by atoms with van der Waals surface area (Å²) in [6.07, 6.45) is 1.53. The molecular weight excluding hydrogens is 378 g/mol. The fraction of sp³-hybridized carbons (Fsp3) is 0.125. The van der Waals surface area contributed by atoms with E-state index in [9.17, 15) is 14.9 Å². The number of non-ortho nitro benzene ring substituents is 1. The van der Waals surface area contributed by atoms with Gasteiger partial charge in [0.15, 0.2) is 6.61 Å². The molecule has 0 fully saturated rings. The van der Waals surface area contributed by atoms with E-state index in [1.165, 1.54) is 24.4 Å². The first kappa shape index (κ1) is 17.6. The molecule has 0 aliphatic heterocycles. The van der Waals surface area contributed by atoms with Crippen LogP contribution in [0.1, 0.15) is 11.1 Å². The lowest BCUT2D eigenvalue weighted by Crippen LogP contribution is -2.24. The van der Waals surface area contributed by atoms with Gasteiger partial charge in [-0.3, -0.25) is 14.9 Å². The van der Waals surface area contributed by atoms with Gasteiger partial charge in [0.2, 0.25) is 0 Å². The summed E-state index contributed by atoms with van der Waals surface area (Å²) in [5, 5.41) is 14.5. The lowest BCUT2D eigenvalue weighted by molar-refractivity contribution is -0.384. The van der Waals surface area contributed by atoms with Gasteiger partial charge in [0, 0.05) is 12.1 Å². The van der Waals surface area contributed by atoms with Crippen molar-refractivity contribution in [3.8, 4) is 5.75 Å². The third kappa shape index (κ3) is 5.17. The highest BCUT2D eigenvalue weighted by atomic mass is 79.9. The van der Waals surface area contributed by atoms with E-state index in [2.05, 4.69) is 26.5 Å². The normalized spacial score (nSPS) is 10.6. The van der Waals surface area contributed by atoms with Crippen LogP contribution in [-0.4, -0.2) is 23.7 Å². The highest BCUT2D eigenvalue weighted by molar-refractivity contribution is 9.10. The van der Waals surface area contributed by atoms with Crippen LogP contribution in [0, 0.1) is 17.0 Å². The number of nitrogens with zero attached hydrogens (tertiary/aromatic N) is 2. The zero-order valence-electron chi connectivity index (χ0n) is 12.7. The van der Waals surface area contributed by atoms with Crippen molar-refractivity contribution >= 4 is 33.7 Å².